The summed E-state index contributed by atoms with van der Waals surface area (Å²) in [6.45, 7) is 6.82. The molecule has 2 saturated heterocycles. The molecule has 1 aromatic heterocycles. The lowest BCUT2D eigenvalue weighted by atomic mass is 9.96. The van der Waals surface area contributed by atoms with Crippen LogP contribution in [-0.2, 0) is 11.3 Å². The molecule has 0 aliphatic carbocycles. The van der Waals surface area contributed by atoms with Crippen LogP contribution in [0.2, 0.25) is 0 Å². The van der Waals surface area contributed by atoms with Gasteiger partial charge in [-0.2, -0.15) is 5.10 Å². The molecule has 2 aromatic rings. The van der Waals surface area contributed by atoms with Gasteiger partial charge in [-0.05, 0) is 31.0 Å². The first-order valence-corrected chi connectivity index (χ1v) is 8.88. The summed E-state index contributed by atoms with van der Waals surface area (Å²) in [5, 5.41) is 7.05. The number of hydrogen-bond donors (Lipinski definition) is 1. The van der Waals surface area contributed by atoms with Gasteiger partial charge in [-0.15, -0.1) is 0 Å². The average molecular weight is 327 g/mol. The molecular formula is C18H25N5O. The van der Waals surface area contributed by atoms with Crippen LogP contribution in [0.3, 0.4) is 0 Å². The third kappa shape index (κ3) is 3.44. The largest absolute Gasteiger partial charge is 0.378 e. The van der Waals surface area contributed by atoms with E-state index in [0.717, 1.165) is 51.8 Å². The number of anilines is 1. The second kappa shape index (κ2) is 7.32. The Labute approximate surface area is 142 Å². The molecule has 6 nitrogen and oxygen atoms in total. The van der Waals surface area contributed by atoms with Crippen molar-refractivity contribution in [2.45, 2.75) is 25.3 Å². The number of nitrogens with zero attached hydrogens (tertiary/aromatic N) is 4. The Morgan fingerprint density at radius 1 is 1.17 bits per heavy atom. The van der Waals surface area contributed by atoms with Crippen LogP contribution in [0.4, 0.5) is 5.69 Å². The van der Waals surface area contributed by atoms with Crippen LogP contribution < -0.4 is 4.90 Å². The maximum atomic E-state index is 5.50. The summed E-state index contributed by atoms with van der Waals surface area (Å²) < 4.78 is 5.50. The Kier molecular flexibility index (Phi) is 4.76. The highest BCUT2D eigenvalue weighted by Gasteiger charge is 2.24. The van der Waals surface area contributed by atoms with Gasteiger partial charge in [-0.3, -0.25) is 10.00 Å². The smallest absolute Gasteiger partial charge is 0.137 e. The van der Waals surface area contributed by atoms with Crippen molar-refractivity contribution >= 4 is 5.69 Å². The van der Waals surface area contributed by atoms with Gasteiger partial charge in [0, 0.05) is 37.8 Å². The Hall–Kier alpha value is -1.92. The third-order valence-electron chi connectivity index (χ3n) is 5.06. The first kappa shape index (κ1) is 15.6. The fraction of sp³-hybridized carbons (Fsp3) is 0.556. The van der Waals surface area contributed by atoms with Gasteiger partial charge >= 0.3 is 0 Å². The normalized spacial score (nSPS) is 22.7. The molecule has 3 heterocycles. The van der Waals surface area contributed by atoms with Crippen LogP contribution in [0.15, 0.2) is 30.6 Å². The predicted octanol–water partition coefficient (Wildman–Crippen LogP) is 2.02. The van der Waals surface area contributed by atoms with Gasteiger partial charge in [0.2, 0.25) is 0 Å². The number of ether oxygens (including phenoxy) is 1. The number of benzene rings is 1. The van der Waals surface area contributed by atoms with E-state index in [1.807, 2.05) is 0 Å². The van der Waals surface area contributed by atoms with Crippen LogP contribution in [0.5, 0.6) is 0 Å². The second-order valence-electron chi connectivity index (χ2n) is 6.67. The number of rotatable bonds is 4. The minimum absolute atomic E-state index is 0.469. The summed E-state index contributed by atoms with van der Waals surface area (Å²) in [6, 6.07) is 8.81. The summed E-state index contributed by atoms with van der Waals surface area (Å²) in [5.74, 6) is 1.50. The van der Waals surface area contributed by atoms with Crippen LogP contribution >= 0.6 is 0 Å². The second-order valence-corrected chi connectivity index (χ2v) is 6.67. The Morgan fingerprint density at radius 2 is 2.04 bits per heavy atom. The monoisotopic (exact) mass is 327 g/mol. The lowest BCUT2D eigenvalue weighted by molar-refractivity contribution is 0.122. The van der Waals surface area contributed by atoms with Gasteiger partial charge < -0.3 is 9.64 Å². The molecule has 2 aliphatic rings. The van der Waals surface area contributed by atoms with E-state index in [0.29, 0.717) is 5.92 Å². The minimum Gasteiger partial charge on any atom is -0.378 e. The first-order chi connectivity index (χ1) is 11.9. The molecule has 6 heteroatoms. The van der Waals surface area contributed by atoms with Crippen LogP contribution in [0.25, 0.3) is 0 Å². The number of H-pyrrole nitrogens is 1. The number of para-hydroxylation sites is 1. The summed E-state index contributed by atoms with van der Waals surface area (Å²) in [7, 11) is 0. The zero-order valence-electron chi connectivity index (χ0n) is 14.0. The molecule has 24 heavy (non-hydrogen) atoms. The molecule has 1 aromatic carbocycles. The summed E-state index contributed by atoms with van der Waals surface area (Å²) in [4.78, 5) is 9.36. The van der Waals surface area contributed by atoms with Gasteiger partial charge in [0.15, 0.2) is 0 Å². The van der Waals surface area contributed by atoms with Gasteiger partial charge in [-0.1, -0.05) is 18.2 Å². The van der Waals surface area contributed by atoms with Crippen molar-refractivity contribution in [3.8, 4) is 0 Å². The lowest BCUT2D eigenvalue weighted by Gasteiger charge is -2.34. The summed E-state index contributed by atoms with van der Waals surface area (Å²) in [5.41, 5.74) is 2.78. The topological polar surface area (TPSA) is 57.3 Å². The lowest BCUT2D eigenvalue weighted by Crippen LogP contribution is -2.38. The number of aromatic amines is 1. The zero-order chi connectivity index (χ0) is 16.2. The molecule has 1 unspecified atom stereocenters. The van der Waals surface area contributed by atoms with E-state index < -0.39 is 0 Å². The van der Waals surface area contributed by atoms with Crippen molar-refractivity contribution in [3.05, 3.63) is 42.0 Å². The van der Waals surface area contributed by atoms with E-state index in [4.69, 9.17) is 4.74 Å². The highest BCUT2D eigenvalue weighted by molar-refractivity contribution is 5.54. The molecule has 0 bridgehead atoms. The van der Waals surface area contributed by atoms with Crippen molar-refractivity contribution in [1.29, 1.82) is 0 Å². The maximum Gasteiger partial charge on any atom is 0.137 e. The van der Waals surface area contributed by atoms with E-state index in [2.05, 4.69) is 49.2 Å². The molecule has 0 radical (unpaired) electrons. The molecule has 4 rings (SSSR count). The number of morpholine rings is 1. The van der Waals surface area contributed by atoms with Crippen molar-refractivity contribution < 1.29 is 4.74 Å². The number of nitrogens with one attached hydrogen (secondary N) is 1. The highest BCUT2D eigenvalue weighted by atomic mass is 16.5. The maximum absolute atomic E-state index is 5.50. The molecule has 2 fully saturated rings. The van der Waals surface area contributed by atoms with Gasteiger partial charge in [0.25, 0.3) is 0 Å². The van der Waals surface area contributed by atoms with E-state index in [1.165, 1.54) is 24.1 Å². The number of likely N-dealkylation sites (tertiary alicyclic amines) is 1. The number of hydrogen-bond acceptors (Lipinski definition) is 5. The molecule has 0 spiro atoms. The van der Waals surface area contributed by atoms with Crippen molar-refractivity contribution in [1.82, 2.24) is 20.1 Å². The van der Waals surface area contributed by atoms with Crippen molar-refractivity contribution in [2.75, 3.05) is 44.3 Å². The predicted molar refractivity (Wildman–Crippen MR) is 93.1 cm³/mol. The number of piperidine rings is 1. The van der Waals surface area contributed by atoms with E-state index in [-0.39, 0.29) is 0 Å². The Bertz CT molecular complexity index is 639. The highest BCUT2D eigenvalue weighted by Crippen LogP contribution is 2.28. The summed E-state index contributed by atoms with van der Waals surface area (Å²) >= 11 is 0. The standard InChI is InChI=1S/C18H25N5O/c1-2-6-17(23-8-10-24-11-9-23)15(4-1)12-22-7-3-5-16(13-22)18-19-14-20-21-18/h1-2,4,6,14,16H,3,5,7-13H2,(H,19,20,21). The fourth-order valence-electron chi connectivity index (χ4n) is 3.83. The van der Waals surface area contributed by atoms with Gasteiger partial charge in [-0.25, -0.2) is 4.98 Å². The molecule has 0 saturated carbocycles. The van der Waals surface area contributed by atoms with Crippen LogP contribution in [0, 0.1) is 0 Å². The quantitative estimate of drug-likeness (QED) is 0.931. The first-order valence-electron chi connectivity index (χ1n) is 8.88. The molecule has 1 atom stereocenters. The minimum atomic E-state index is 0.469. The Balaban J connectivity index is 1.46. The van der Waals surface area contributed by atoms with Gasteiger partial charge in [0.05, 0.1) is 13.2 Å². The average Bonchev–Trinajstić information content (AvgIpc) is 3.18. The van der Waals surface area contributed by atoms with Crippen molar-refractivity contribution in [2.24, 2.45) is 0 Å². The Morgan fingerprint density at radius 3 is 2.88 bits per heavy atom. The van der Waals surface area contributed by atoms with Crippen LogP contribution in [-0.4, -0.2) is 59.5 Å². The molecule has 2 aliphatic heterocycles. The van der Waals surface area contributed by atoms with E-state index in [9.17, 15) is 0 Å². The zero-order valence-corrected chi connectivity index (χ0v) is 14.0. The SMILES string of the molecule is c1ccc(N2CCOCC2)c(CN2CCCC(c3ncn[nH]3)C2)c1. The van der Waals surface area contributed by atoms with Crippen LogP contribution in [0.1, 0.15) is 30.1 Å². The third-order valence-corrected chi connectivity index (χ3v) is 5.06. The fourth-order valence-corrected chi connectivity index (χ4v) is 3.83. The molecule has 1 N–H and O–H groups in total. The van der Waals surface area contributed by atoms with E-state index >= 15 is 0 Å². The number of aromatic nitrogens is 3. The molecule has 128 valence electrons. The molecule has 0 amide bonds. The van der Waals surface area contributed by atoms with E-state index in [1.54, 1.807) is 6.33 Å². The summed E-state index contributed by atoms with van der Waals surface area (Å²) in [6.07, 6.45) is 4.02. The van der Waals surface area contributed by atoms with Crippen molar-refractivity contribution in [3.63, 3.8) is 0 Å². The molecular weight excluding hydrogens is 302 g/mol. The van der Waals surface area contributed by atoms with Gasteiger partial charge in [0.1, 0.15) is 12.2 Å².